The Hall–Kier alpha value is -2.86. The van der Waals surface area contributed by atoms with Gasteiger partial charge in [0.15, 0.2) is 0 Å². The fraction of sp³-hybridized carbons (Fsp3) is 0.462. The van der Waals surface area contributed by atoms with Crippen LogP contribution in [-0.4, -0.2) is 37.6 Å². The van der Waals surface area contributed by atoms with Gasteiger partial charge in [0.2, 0.25) is 5.91 Å². The maximum absolute atomic E-state index is 13.2. The van der Waals surface area contributed by atoms with Gasteiger partial charge in [-0.1, -0.05) is 38.1 Å². The minimum absolute atomic E-state index is 0.0367. The molecule has 1 fully saturated rings. The molecule has 6 nitrogen and oxygen atoms in total. The second-order valence-corrected chi connectivity index (χ2v) is 9.16. The van der Waals surface area contributed by atoms with Crippen molar-refractivity contribution in [2.75, 3.05) is 29.9 Å². The highest BCUT2D eigenvalue weighted by Gasteiger charge is 2.23. The van der Waals surface area contributed by atoms with E-state index < -0.39 is 0 Å². The first-order valence-electron chi connectivity index (χ1n) is 11.6. The van der Waals surface area contributed by atoms with E-state index in [0.29, 0.717) is 24.2 Å². The van der Waals surface area contributed by atoms with E-state index in [2.05, 4.69) is 39.8 Å². The lowest BCUT2D eigenvalue weighted by Crippen LogP contribution is -2.35. The molecule has 2 aliphatic heterocycles. The lowest BCUT2D eigenvalue weighted by atomic mass is 9.98. The molecule has 0 radical (unpaired) electrons. The molecule has 1 atom stereocenters. The highest BCUT2D eigenvalue weighted by Crippen LogP contribution is 2.30. The number of amides is 2. The summed E-state index contributed by atoms with van der Waals surface area (Å²) >= 11 is 0. The average molecular weight is 436 g/mol. The monoisotopic (exact) mass is 435 g/mol. The highest BCUT2D eigenvalue weighted by atomic mass is 16.5. The smallest absolute Gasteiger partial charge is 0.253 e. The lowest BCUT2D eigenvalue weighted by Gasteiger charge is -2.32. The molecular weight excluding hydrogens is 402 g/mol. The molecule has 0 spiro atoms. The molecule has 2 N–H and O–H groups in total. The number of carbonyl (C=O) groups is 2. The first kappa shape index (κ1) is 22.3. The van der Waals surface area contributed by atoms with Crippen molar-refractivity contribution in [3.8, 4) is 0 Å². The number of benzene rings is 2. The lowest BCUT2D eigenvalue weighted by molar-refractivity contribution is -0.116. The van der Waals surface area contributed by atoms with Crippen LogP contribution in [0, 0.1) is 5.92 Å². The van der Waals surface area contributed by atoms with E-state index in [-0.39, 0.29) is 23.8 Å². The molecule has 6 heteroatoms. The van der Waals surface area contributed by atoms with Crippen molar-refractivity contribution < 1.29 is 14.3 Å². The van der Waals surface area contributed by atoms with Gasteiger partial charge < -0.3 is 20.3 Å². The van der Waals surface area contributed by atoms with Crippen LogP contribution in [0.2, 0.25) is 0 Å². The van der Waals surface area contributed by atoms with E-state index in [1.807, 2.05) is 26.0 Å². The first-order valence-corrected chi connectivity index (χ1v) is 11.6. The molecule has 2 aromatic carbocycles. The van der Waals surface area contributed by atoms with Crippen molar-refractivity contribution in [2.45, 2.75) is 52.2 Å². The summed E-state index contributed by atoms with van der Waals surface area (Å²) in [5.41, 5.74) is 4.79. The zero-order chi connectivity index (χ0) is 22.5. The standard InChI is InChI=1S/C26H33N3O3/c1-18(2)14-25(30)28-21-9-10-24(29-12-11-19-6-3-4-7-20(19)17-29)23(15-21)26(31)27-16-22-8-5-13-32-22/h3-4,6-7,9-10,15,18,22H,5,8,11-14,16-17H2,1-2H3,(H,27,31)(H,28,30). The number of nitrogens with zero attached hydrogens (tertiary/aromatic N) is 1. The van der Waals surface area contributed by atoms with E-state index in [0.717, 1.165) is 44.6 Å². The summed E-state index contributed by atoms with van der Waals surface area (Å²) in [5.74, 6) is 0.108. The Kier molecular flexibility index (Phi) is 7.10. The van der Waals surface area contributed by atoms with Gasteiger partial charge in [-0.3, -0.25) is 9.59 Å². The van der Waals surface area contributed by atoms with E-state index in [9.17, 15) is 9.59 Å². The summed E-state index contributed by atoms with van der Waals surface area (Å²) in [5, 5.41) is 6.00. The fourth-order valence-electron chi connectivity index (χ4n) is 4.46. The zero-order valence-electron chi connectivity index (χ0n) is 19.0. The Morgan fingerprint density at radius 1 is 1.16 bits per heavy atom. The summed E-state index contributed by atoms with van der Waals surface area (Å²) < 4.78 is 5.66. The molecule has 1 saturated heterocycles. The number of hydrogen-bond acceptors (Lipinski definition) is 4. The largest absolute Gasteiger partial charge is 0.376 e. The third kappa shape index (κ3) is 5.49. The molecule has 0 bridgehead atoms. The van der Waals surface area contributed by atoms with Crippen LogP contribution in [0.25, 0.3) is 0 Å². The van der Waals surface area contributed by atoms with Crippen molar-refractivity contribution in [2.24, 2.45) is 5.92 Å². The van der Waals surface area contributed by atoms with Crippen LogP contribution >= 0.6 is 0 Å². The summed E-state index contributed by atoms with van der Waals surface area (Å²) in [6.07, 6.45) is 3.49. The molecule has 170 valence electrons. The van der Waals surface area contributed by atoms with Crippen molar-refractivity contribution >= 4 is 23.2 Å². The van der Waals surface area contributed by atoms with Crippen molar-refractivity contribution in [1.82, 2.24) is 5.32 Å². The number of rotatable bonds is 7. The minimum Gasteiger partial charge on any atom is -0.376 e. The van der Waals surface area contributed by atoms with E-state index in [4.69, 9.17) is 4.74 Å². The van der Waals surface area contributed by atoms with Crippen molar-refractivity contribution in [3.63, 3.8) is 0 Å². The normalized spacial score (nSPS) is 17.8. The predicted octanol–water partition coefficient (Wildman–Crippen LogP) is 4.14. The van der Waals surface area contributed by atoms with Gasteiger partial charge in [0, 0.05) is 44.0 Å². The van der Waals surface area contributed by atoms with Gasteiger partial charge in [-0.05, 0) is 54.5 Å². The molecule has 2 aliphatic rings. The molecule has 1 unspecified atom stereocenters. The summed E-state index contributed by atoms with van der Waals surface area (Å²) in [6, 6.07) is 14.1. The highest BCUT2D eigenvalue weighted by molar-refractivity contribution is 6.02. The number of hydrogen-bond donors (Lipinski definition) is 2. The molecule has 2 heterocycles. The van der Waals surface area contributed by atoms with E-state index in [1.54, 1.807) is 6.07 Å². The number of fused-ring (bicyclic) bond motifs is 1. The third-order valence-corrected chi connectivity index (χ3v) is 6.10. The Morgan fingerprint density at radius 2 is 1.97 bits per heavy atom. The van der Waals surface area contributed by atoms with Crippen LogP contribution in [0.3, 0.4) is 0 Å². The third-order valence-electron chi connectivity index (χ3n) is 6.10. The van der Waals surface area contributed by atoms with Crippen LogP contribution in [0.4, 0.5) is 11.4 Å². The van der Waals surface area contributed by atoms with Gasteiger partial charge in [-0.2, -0.15) is 0 Å². The first-order chi connectivity index (χ1) is 15.5. The second kappa shape index (κ2) is 10.2. The molecule has 0 saturated carbocycles. The zero-order valence-corrected chi connectivity index (χ0v) is 19.0. The van der Waals surface area contributed by atoms with E-state index in [1.165, 1.54) is 11.1 Å². The van der Waals surface area contributed by atoms with Gasteiger partial charge in [0.25, 0.3) is 5.91 Å². The Labute approximate surface area is 190 Å². The van der Waals surface area contributed by atoms with Crippen molar-refractivity contribution in [3.05, 3.63) is 59.2 Å². The molecule has 2 amide bonds. The topological polar surface area (TPSA) is 70.7 Å². The summed E-state index contributed by atoms with van der Waals surface area (Å²) in [6.45, 7) is 6.91. The SMILES string of the molecule is CC(C)CC(=O)Nc1ccc(N2CCc3ccccc3C2)c(C(=O)NCC2CCCO2)c1. The summed E-state index contributed by atoms with van der Waals surface area (Å²) in [7, 11) is 0. The van der Waals surface area contributed by atoms with Crippen molar-refractivity contribution in [1.29, 1.82) is 0 Å². The summed E-state index contributed by atoms with van der Waals surface area (Å²) in [4.78, 5) is 27.8. The van der Waals surface area contributed by atoms with Crippen LogP contribution in [-0.2, 0) is 22.5 Å². The Bertz CT molecular complexity index is 967. The number of anilines is 2. The van der Waals surface area contributed by atoms with Gasteiger partial charge in [-0.25, -0.2) is 0 Å². The minimum atomic E-state index is -0.130. The number of nitrogens with one attached hydrogen (secondary N) is 2. The van der Waals surface area contributed by atoms with Gasteiger partial charge in [0.1, 0.15) is 0 Å². The number of ether oxygens (including phenoxy) is 1. The van der Waals surface area contributed by atoms with Crippen LogP contribution in [0.15, 0.2) is 42.5 Å². The second-order valence-electron chi connectivity index (χ2n) is 9.16. The van der Waals surface area contributed by atoms with Gasteiger partial charge >= 0.3 is 0 Å². The van der Waals surface area contributed by atoms with E-state index >= 15 is 0 Å². The maximum Gasteiger partial charge on any atom is 0.253 e. The molecule has 32 heavy (non-hydrogen) atoms. The van der Waals surface area contributed by atoms with Crippen LogP contribution in [0.5, 0.6) is 0 Å². The van der Waals surface area contributed by atoms with Crippen LogP contribution < -0.4 is 15.5 Å². The molecule has 4 rings (SSSR count). The average Bonchev–Trinajstić information content (AvgIpc) is 3.30. The quantitative estimate of drug-likeness (QED) is 0.686. The fourth-order valence-corrected chi connectivity index (χ4v) is 4.46. The molecule has 0 aliphatic carbocycles. The predicted molar refractivity (Wildman–Crippen MR) is 127 cm³/mol. The molecular formula is C26H33N3O3. The molecule has 0 aromatic heterocycles. The van der Waals surface area contributed by atoms with Gasteiger partial charge in [0.05, 0.1) is 11.7 Å². The Morgan fingerprint density at radius 3 is 2.72 bits per heavy atom. The maximum atomic E-state index is 13.2. The van der Waals surface area contributed by atoms with Crippen LogP contribution in [0.1, 0.15) is 54.6 Å². The van der Waals surface area contributed by atoms with Gasteiger partial charge in [-0.15, -0.1) is 0 Å². The number of carbonyl (C=O) groups excluding carboxylic acids is 2. The Balaban J connectivity index is 1.56. The molecule has 2 aromatic rings.